The van der Waals surface area contributed by atoms with Gasteiger partial charge in [-0.15, -0.1) is 0 Å². The predicted octanol–water partition coefficient (Wildman–Crippen LogP) is 2.33. The number of nitrogens with two attached hydrogens (primary N) is 1. The molecule has 2 fully saturated rings. The highest BCUT2D eigenvalue weighted by Crippen LogP contribution is 2.40. The van der Waals surface area contributed by atoms with Gasteiger partial charge in [-0.25, -0.2) is 8.78 Å². The number of hydrogen-bond donors (Lipinski definition) is 1. The molecular formula is C19H24F2N2O3. The normalized spacial score (nSPS) is 32.1. The zero-order valence-electron chi connectivity index (χ0n) is 14.6. The molecule has 1 aliphatic carbocycles. The van der Waals surface area contributed by atoms with Gasteiger partial charge in [0.1, 0.15) is 5.82 Å². The third-order valence-electron chi connectivity index (χ3n) is 5.91. The van der Waals surface area contributed by atoms with E-state index in [0.717, 1.165) is 31.7 Å². The van der Waals surface area contributed by atoms with Crippen molar-refractivity contribution in [1.82, 2.24) is 4.90 Å². The lowest BCUT2D eigenvalue weighted by molar-refractivity contribution is -0.136. The van der Waals surface area contributed by atoms with E-state index in [-0.39, 0.29) is 42.4 Å². The van der Waals surface area contributed by atoms with Gasteiger partial charge in [0, 0.05) is 24.2 Å². The minimum absolute atomic E-state index is 0.00316. The summed E-state index contributed by atoms with van der Waals surface area (Å²) >= 11 is 0. The summed E-state index contributed by atoms with van der Waals surface area (Å²) in [5.41, 5.74) is 6.68. The molecule has 5 nitrogen and oxygen atoms in total. The third kappa shape index (κ3) is 3.30. The van der Waals surface area contributed by atoms with E-state index in [1.807, 2.05) is 0 Å². The van der Waals surface area contributed by atoms with E-state index in [0.29, 0.717) is 25.1 Å². The fourth-order valence-corrected chi connectivity index (χ4v) is 4.43. The Morgan fingerprint density at radius 1 is 1.12 bits per heavy atom. The Labute approximate surface area is 151 Å². The van der Waals surface area contributed by atoms with Gasteiger partial charge in [0.25, 0.3) is 5.91 Å². The number of amides is 1. The van der Waals surface area contributed by atoms with Crippen LogP contribution in [0.2, 0.25) is 0 Å². The first-order valence-corrected chi connectivity index (χ1v) is 9.31. The van der Waals surface area contributed by atoms with Gasteiger partial charge < -0.3 is 20.1 Å². The molecule has 0 aromatic heterocycles. The molecule has 2 bridgehead atoms. The largest absolute Gasteiger partial charge is 0.480 e. The molecule has 1 saturated carbocycles. The van der Waals surface area contributed by atoms with Crippen molar-refractivity contribution < 1.29 is 23.0 Å². The van der Waals surface area contributed by atoms with Crippen LogP contribution in [0, 0.1) is 11.6 Å². The summed E-state index contributed by atoms with van der Waals surface area (Å²) in [4.78, 5) is 14.3. The monoisotopic (exact) mass is 366 g/mol. The zero-order chi connectivity index (χ0) is 18.3. The molecule has 1 aromatic rings. The van der Waals surface area contributed by atoms with Crippen LogP contribution in [0.3, 0.4) is 0 Å². The molecule has 1 saturated heterocycles. The van der Waals surface area contributed by atoms with Crippen molar-refractivity contribution in [3.8, 4) is 5.75 Å². The molecule has 2 atom stereocenters. The zero-order valence-corrected chi connectivity index (χ0v) is 14.6. The van der Waals surface area contributed by atoms with E-state index in [2.05, 4.69) is 0 Å². The summed E-state index contributed by atoms with van der Waals surface area (Å²) in [6, 6.07) is 1.84. The fraction of sp³-hybridized carbons (Fsp3) is 0.632. The lowest BCUT2D eigenvalue weighted by Crippen LogP contribution is -2.47. The molecule has 1 aromatic carbocycles. The quantitative estimate of drug-likeness (QED) is 0.765. The van der Waals surface area contributed by atoms with Crippen molar-refractivity contribution in [2.24, 2.45) is 5.73 Å². The van der Waals surface area contributed by atoms with Crippen LogP contribution >= 0.6 is 0 Å². The first kappa shape index (κ1) is 17.7. The maximum absolute atomic E-state index is 14.4. The number of ether oxygens (including phenoxy) is 2. The van der Waals surface area contributed by atoms with Gasteiger partial charge in [-0.2, -0.15) is 0 Å². The van der Waals surface area contributed by atoms with Crippen LogP contribution in [-0.2, 0) is 9.53 Å². The van der Waals surface area contributed by atoms with E-state index in [1.165, 1.54) is 6.07 Å². The maximum atomic E-state index is 14.4. The number of rotatable bonds is 0. The Kier molecular flexibility index (Phi) is 4.84. The first-order chi connectivity index (χ1) is 12.5. The highest BCUT2D eigenvalue weighted by Gasteiger charge is 2.37. The number of halogens is 2. The van der Waals surface area contributed by atoms with Crippen molar-refractivity contribution in [2.75, 3.05) is 19.8 Å². The second-order valence-corrected chi connectivity index (χ2v) is 7.51. The average molecular weight is 366 g/mol. The van der Waals surface area contributed by atoms with Crippen molar-refractivity contribution in [1.29, 1.82) is 0 Å². The molecule has 142 valence electrons. The van der Waals surface area contributed by atoms with Gasteiger partial charge >= 0.3 is 0 Å². The van der Waals surface area contributed by atoms with Gasteiger partial charge in [0.05, 0.1) is 18.8 Å². The van der Waals surface area contributed by atoms with Crippen molar-refractivity contribution >= 4 is 5.91 Å². The summed E-state index contributed by atoms with van der Waals surface area (Å²) in [7, 11) is 0. The number of carbonyl (C=O) groups is 1. The van der Waals surface area contributed by atoms with Gasteiger partial charge in [-0.3, -0.25) is 4.79 Å². The van der Waals surface area contributed by atoms with Crippen LogP contribution in [0.5, 0.6) is 5.75 Å². The highest BCUT2D eigenvalue weighted by atomic mass is 19.1. The molecule has 3 heterocycles. The van der Waals surface area contributed by atoms with Crippen molar-refractivity contribution in [3.05, 3.63) is 29.3 Å². The lowest BCUT2D eigenvalue weighted by atomic mass is 9.82. The molecule has 5 rings (SSSR count). The van der Waals surface area contributed by atoms with Crippen molar-refractivity contribution in [2.45, 2.75) is 56.2 Å². The standard InChI is InChI=1S/C19H24F2N2O3/c20-12-7-14-11-1-3-13(4-2-11)25-9-17-16(22)5-6-23(17)18(24)10-26-19(14)15(21)8-12/h7-8,11,13,16-17H,1-6,9-10,22H2/t11-,13+,16-,17-/m0/s1. The number of fused-ring (bicyclic) bond motifs is 5. The fourth-order valence-electron chi connectivity index (χ4n) is 4.43. The van der Waals surface area contributed by atoms with Crippen LogP contribution in [0.1, 0.15) is 43.6 Å². The minimum atomic E-state index is -0.754. The van der Waals surface area contributed by atoms with E-state index in [9.17, 15) is 13.6 Å². The van der Waals surface area contributed by atoms with Gasteiger partial charge in [0.15, 0.2) is 18.2 Å². The summed E-state index contributed by atoms with van der Waals surface area (Å²) in [6.45, 7) is 0.677. The molecule has 2 N–H and O–H groups in total. The molecule has 4 aliphatic rings. The second-order valence-electron chi connectivity index (χ2n) is 7.51. The van der Waals surface area contributed by atoms with Gasteiger partial charge in [-0.1, -0.05) is 0 Å². The van der Waals surface area contributed by atoms with Crippen LogP contribution in [0.25, 0.3) is 0 Å². The highest BCUT2D eigenvalue weighted by molar-refractivity contribution is 5.78. The number of carbonyl (C=O) groups excluding carboxylic acids is 1. The average Bonchev–Trinajstić information content (AvgIpc) is 2.99. The molecule has 0 unspecified atom stereocenters. The Bertz CT molecular complexity index is 692. The Morgan fingerprint density at radius 3 is 2.65 bits per heavy atom. The van der Waals surface area contributed by atoms with Gasteiger partial charge in [0.2, 0.25) is 0 Å². The SMILES string of the molecule is N[C@H]1CCN2C(=O)COc3c(F)cc(F)cc3[C@H]3CC[C@H](CC3)OC[C@@H]12. The van der Waals surface area contributed by atoms with Crippen molar-refractivity contribution in [3.63, 3.8) is 0 Å². The van der Waals surface area contributed by atoms with E-state index >= 15 is 0 Å². The molecule has 0 radical (unpaired) electrons. The lowest BCUT2D eigenvalue weighted by Gasteiger charge is -2.31. The molecule has 26 heavy (non-hydrogen) atoms. The molecular weight excluding hydrogens is 342 g/mol. The number of nitrogens with zero attached hydrogens (tertiary/aromatic N) is 1. The number of hydrogen-bond acceptors (Lipinski definition) is 4. The second kappa shape index (κ2) is 7.12. The van der Waals surface area contributed by atoms with E-state index in [1.54, 1.807) is 4.90 Å². The third-order valence-corrected chi connectivity index (χ3v) is 5.91. The summed E-state index contributed by atoms with van der Waals surface area (Å²) in [5.74, 6) is -1.61. The van der Waals surface area contributed by atoms with E-state index in [4.69, 9.17) is 15.2 Å². The van der Waals surface area contributed by atoms with Crippen LogP contribution in [0.4, 0.5) is 8.78 Å². The molecule has 0 spiro atoms. The topological polar surface area (TPSA) is 64.8 Å². The van der Waals surface area contributed by atoms with Crippen LogP contribution < -0.4 is 10.5 Å². The first-order valence-electron chi connectivity index (χ1n) is 9.31. The summed E-state index contributed by atoms with van der Waals surface area (Å²) in [6.07, 6.45) is 4.00. The predicted molar refractivity (Wildman–Crippen MR) is 90.9 cm³/mol. The smallest absolute Gasteiger partial charge is 0.260 e. The minimum Gasteiger partial charge on any atom is -0.480 e. The maximum Gasteiger partial charge on any atom is 0.260 e. The summed E-state index contributed by atoms with van der Waals surface area (Å²) in [5, 5.41) is 0. The van der Waals surface area contributed by atoms with E-state index < -0.39 is 11.6 Å². The summed E-state index contributed by atoms with van der Waals surface area (Å²) < 4.78 is 39.8. The number of benzene rings is 1. The molecule has 3 aliphatic heterocycles. The van der Waals surface area contributed by atoms with Crippen LogP contribution in [0.15, 0.2) is 12.1 Å². The van der Waals surface area contributed by atoms with Gasteiger partial charge in [-0.05, 0) is 44.1 Å². The van der Waals surface area contributed by atoms with Crippen LogP contribution in [-0.4, -0.2) is 48.8 Å². The Morgan fingerprint density at radius 2 is 1.88 bits per heavy atom. The Balaban J connectivity index is 1.67. The molecule has 7 heteroatoms. The molecule has 1 amide bonds. The Hall–Kier alpha value is -1.73.